The lowest BCUT2D eigenvalue weighted by Crippen LogP contribution is -2.20. The minimum atomic E-state index is -1.00. The van der Waals surface area contributed by atoms with Gasteiger partial charge in [-0.05, 0) is 29.8 Å². The zero-order chi connectivity index (χ0) is 15.7. The average molecular weight is 300 g/mol. The fourth-order valence-corrected chi connectivity index (χ4v) is 2.36. The van der Waals surface area contributed by atoms with Crippen LogP contribution >= 0.6 is 0 Å². The van der Waals surface area contributed by atoms with E-state index in [-0.39, 0.29) is 5.56 Å². The van der Waals surface area contributed by atoms with Gasteiger partial charge in [-0.2, -0.15) is 0 Å². The lowest BCUT2D eigenvalue weighted by molar-refractivity contribution is 0.130. The number of carbonyl (C=O) groups excluding carboxylic acids is 1. The summed E-state index contributed by atoms with van der Waals surface area (Å²) in [5.74, 6) is 1.15. The number of alkyl carbamates (subject to hydrolysis) is 1. The van der Waals surface area contributed by atoms with Gasteiger partial charge in [0.2, 0.25) is 0 Å². The lowest BCUT2D eigenvalue weighted by Gasteiger charge is -2.18. The van der Waals surface area contributed by atoms with E-state index in [1.807, 2.05) is 0 Å². The maximum atomic E-state index is 13.9. The van der Waals surface area contributed by atoms with Gasteiger partial charge in [-0.3, -0.25) is 4.98 Å². The predicted octanol–water partition coefficient (Wildman–Crippen LogP) is 2.86. The van der Waals surface area contributed by atoms with Gasteiger partial charge in [0, 0.05) is 23.5 Å². The molecule has 3 rings (SSSR count). The summed E-state index contributed by atoms with van der Waals surface area (Å²) in [5.41, 5.74) is 1.02. The summed E-state index contributed by atoms with van der Waals surface area (Å²) in [4.78, 5) is 15.5. The first-order valence-corrected chi connectivity index (χ1v) is 6.42. The molecule has 22 heavy (non-hydrogen) atoms. The van der Waals surface area contributed by atoms with Crippen LogP contribution in [0.1, 0.15) is 28.8 Å². The van der Waals surface area contributed by atoms with Crippen LogP contribution in [0.2, 0.25) is 0 Å². The summed E-state index contributed by atoms with van der Waals surface area (Å²) >= 11 is 0. The number of pyridine rings is 1. The van der Waals surface area contributed by atoms with Crippen molar-refractivity contribution in [2.45, 2.75) is 12.1 Å². The molecule has 2 aromatic rings. The number of aromatic nitrogens is 1. The molecule has 0 aliphatic carbocycles. The highest BCUT2D eigenvalue weighted by Gasteiger charge is 2.38. The average Bonchev–Trinajstić information content (AvgIpc) is 2.91. The lowest BCUT2D eigenvalue weighted by atomic mass is 9.96. The third-order valence-electron chi connectivity index (χ3n) is 3.36. The van der Waals surface area contributed by atoms with Crippen molar-refractivity contribution in [3.05, 3.63) is 65.0 Å². The number of hydrogen-bond acceptors (Lipinski definition) is 3. The molecular formula is C16H10F2N2O2. The highest BCUT2D eigenvalue weighted by atomic mass is 19.1. The van der Waals surface area contributed by atoms with E-state index in [0.717, 1.165) is 18.2 Å². The van der Waals surface area contributed by atoms with Crippen molar-refractivity contribution in [1.82, 2.24) is 10.3 Å². The van der Waals surface area contributed by atoms with E-state index in [4.69, 9.17) is 11.2 Å². The Balaban J connectivity index is 2.04. The van der Waals surface area contributed by atoms with Gasteiger partial charge in [-0.25, -0.2) is 13.6 Å². The van der Waals surface area contributed by atoms with Gasteiger partial charge in [0.05, 0.1) is 0 Å². The maximum absolute atomic E-state index is 13.9. The molecule has 1 amide bonds. The third kappa shape index (κ3) is 2.49. The highest BCUT2D eigenvalue weighted by Crippen LogP contribution is 2.37. The number of nitrogens with zero attached hydrogens (tertiary/aromatic N) is 1. The highest BCUT2D eigenvalue weighted by molar-refractivity contribution is 5.71. The van der Waals surface area contributed by atoms with Crippen LogP contribution in [0.25, 0.3) is 0 Å². The summed E-state index contributed by atoms with van der Waals surface area (Å²) in [5, 5.41) is 2.56. The van der Waals surface area contributed by atoms with Crippen LogP contribution in [-0.4, -0.2) is 11.1 Å². The van der Waals surface area contributed by atoms with E-state index in [1.165, 1.54) is 12.4 Å². The molecule has 1 aromatic heterocycles. The first kappa shape index (κ1) is 14.0. The molecule has 1 aliphatic rings. The second-order valence-electron chi connectivity index (χ2n) is 4.77. The van der Waals surface area contributed by atoms with Gasteiger partial charge < -0.3 is 10.1 Å². The number of nitrogens with one attached hydrogen (secondary N) is 1. The summed E-state index contributed by atoms with van der Waals surface area (Å²) in [6, 6.07) is 3.93. The summed E-state index contributed by atoms with van der Waals surface area (Å²) in [6.45, 7) is 0. The molecule has 1 unspecified atom stereocenters. The number of amides is 1. The van der Waals surface area contributed by atoms with Crippen molar-refractivity contribution in [3.63, 3.8) is 0 Å². The monoisotopic (exact) mass is 300 g/mol. The van der Waals surface area contributed by atoms with Gasteiger partial charge in [-0.15, -0.1) is 6.42 Å². The van der Waals surface area contributed by atoms with Crippen LogP contribution in [0.15, 0.2) is 36.7 Å². The van der Waals surface area contributed by atoms with Crippen LogP contribution in [0.3, 0.4) is 0 Å². The Hall–Kier alpha value is -2.94. The number of terminal acetylenes is 1. The first-order chi connectivity index (χ1) is 10.6. The zero-order valence-electron chi connectivity index (χ0n) is 11.2. The molecule has 1 aromatic carbocycles. The molecule has 110 valence electrons. The standard InChI is InChI=1S/C16H10F2N2O2/c1-2-9-5-10(8-19-7-9)14-15(22-16(21)20-14)12-6-11(17)3-4-13(12)18/h1,3-8,14-15H,(H,20,21)/t14-,15?/m1/s1. The Kier molecular flexibility index (Phi) is 3.47. The maximum Gasteiger partial charge on any atom is 0.408 e. The van der Waals surface area contributed by atoms with E-state index < -0.39 is 29.9 Å². The third-order valence-corrected chi connectivity index (χ3v) is 3.36. The summed E-state index contributed by atoms with van der Waals surface area (Å²) in [7, 11) is 0. The van der Waals surface area contributed by atoms with E-state index >= 15 is 0 Å². The minimum absolute atomic E-state index is 0.0468. The molecule has 0 saturated carbocycles. The summed E-state index contributed by atoms with van der Waals surface area (Å²) in [6.07, 6.45) is 6.57. The van der Waals surface area contributed by atoms with Crippen LogP contribution in [-0.2, 0) is 4.74 Å². The molecule has 6 heteroatoms. The van der Waals surface area contributed by atoms with Crippen molar-refractivity contribution < 1.29 is 18.3 Å². The van der Waals surface area contributed by atoms with Crippen LogP contribution in [0.5, 0.6) is 0 Å². The molecule has 2 heterocycles. The van der Waals surface area contributed by atoms with E-state index in [9.17, 15) is 13.6 Å². The molecule has 4 nitrogen and oxygen atoms in total. The molecule has 0 radical (unpaired) electrons. The Morgan fingerprint density at radius 1 is 1.27 bits per heavy atom. The number of ether oxygens (including phenoxy) is 1. The van der Waals surface area contributed by atoms with Crippen molar-refractivity contribution in [2.75, 3.05) is 0 Å². The fraction of sp³-hybridized carbons (Fsp3) is 0.125. The van der Waals surface area contributed by atoms with Crippen molar-refractivity contribution in [2.24, 2.45) is 0 Å². The number of halogens is 2. The Bertz CT molecular complexity index is 786. The van der Waals surface area contributed by atoms with E-state index in [1.54, 1.807) is 6.07 Å². The van der Waals surface area contributed by atoms with Crippen molar-refractivity contribution in [1.29, 1.82) is 0 Å². The molecule has 1 N–H and O–H groups in total. The van der Waals surface area contributed by atoms with Crippen LogP contribution in [0, 0.1) is 24.0 Å². The summed E-state index contributed by atoms with van der Waals surface area (Å²) < 4.78 is 32.4. The van der Waals surface area contributed by atoms with Crippen LogP contribution < -0.4 is 5.32 Å². The van der Waals surface area contributed by atoms with Gasteiger partial charge in [0.15, 0.2) is 6.10 Å². The normalized spacial score (nSPS) is 20.1. The van der Waals surface area contributed by atoms with Gasteiger partial charge in [0.1, 0.15) is 17.7 Å². The Morgan fingerprint density at radius 3 is 2.86 bits per heavy atom. The Labute approximate surface area is 125 Å². The molecule has 0 bridgehead atoms. The van der Waals surface area contributed by atoms with Gasteiger partial charge in [-0.1, -0.05) is 5.92 Å². The predicted molar refractivity (Wildman–Crippen MR) is 73.6 cm³/mol. The zero-order valence-corrected chi connectivity index (χ0v) is 11.2. The largest absolute Gasteiger partial charge is 0.439 e. The first-order valence-electron chi connectivity index (χ1n) is 6.42. The smallest absolute Gasteiger partial charge is 0.408 e. The van der Waals surface area contributed by atoms with E-state index in [2.05, 4.69) is 16.2 Å². The van der Waals surface area contributed by atoms with Gasteiger partial charge >= 0.3 is 6.09 Å². The number of cyclic esters (lactones) is 1. The van der Waals surface area contributed by atoms with Crippen molar-refractivity contribution in [3.8, 4) is 12.3 Å². The second-order valence-corrected chi connectivity index (χ2v) is 4.77. The van der Waals surface area contributed by atoms with E-state index in [0.29, 0.717) is 11.1 Å². The molecular weight excluding hydrogens is 290 g/mol. The quantitative estimate of drug-likeness (QED) is 0.868. The minimum Gasteiger partial charge on any atom is -0.439 e. The number of carbonyl (C=O) groups is 1. The van der Waals surface area contributed by atoms with Gasteiger partial charge in [0.25, 0.3) is 0 Å². The Morgan fingerprint density at radius 2 is 2.09 bits per heavy atom. The fourth-order valence-electron chi connectivity index (χ4n) is 2.36. The molecule has 0 spiro atoms. The van der Waals surface area contributed by atoms with Crippen molar-refractivity contribution >= 4 is 6.09 Å². The second kappa shape index (κ2) is 5.45. The number of hydrogen-bond donors (Lipinski definition) is 1. The molecule has 2 atom stereocenters. The molecule has 1 aliphatic heterocycles. The number of rotatable bonds is 2. The topological polar surface area (TPSA) is 51.2 Å². The molecule has 1 saturated heterocycles. The SMILES string of the molecule is C#Cc1cncc([C@H]2NC(=O)OC2c2cc(F)ccc2F)c1. The molecule has 1 fully saturated rings. The van der Waals surface area contributed by atoms with Crippen LogP contribution in [0.4, 0.5) is 13.6 Å². The number of benzene rings is 1.